The molecule has 0 aliphatic carbocycles. The summed E-state index contributed by atoms with van der Waals surface area (Å²) in [6.07, 6.45) is 0. The van der Waals surface area contributed by atoms with Crippen LogP contribution in [0.4, 0.5) is 8.78 Å². The molecule has 0 heterocycles. The minimum absolute atomic E-state index is 0.404. The average molecular weight is 298 g/mol. The summed E-state index contributed by atoms with van der Waals surface area (Å²) < 4.78 is 31.8. The molecule has 2 nitrogen and oxygen atoms in total. The Kier molecular flexibility index (Phi) is 4.57. The Labute approximate surface area is 121 Å². The number of hydrogen-bond donors (Lipinski definition) is 1. The first-order valence-electron chi connectivity index (χ1n) is 6.02. The van der Waals surface area contributed by atoms with Crippen molar-refractivity contribution in [1.82, 2.24) is 5.32 Å². The van der Waals surface area contributed by atoms with Gasteiger partial charge in [0.15, 0.2) is 0 Å². The summed E-state index contributed by atoms with van der Waals surface area (Å²) in [5, 5.41) is 3.47. The fraction of sp³-hybridized carbons (Fsp3) is 0.200. The fourth-order valence-corrected chi connectivity index (χ4v) is 2.39. The second-order valence-electron chi connectivity index (χ2n) is 4.31. The topological polar surface area (TPSA) is 21.3 Å². The monoisotopic (exact) mass is 297 g/mol. The van der Waals surface area contributed by atoms with E-state index in [0.29, 0.717) is 16.3 Å². The highest BCUT2D eigenvalue weighted by molar-refractivity contribution is 6.31. The summed E-state index contributed by atoms with van der Waals surface area (Å²) in [6.45, 7) is 0. The van der Waals surface area contributed by atoms with Crippen LogP contribution in [0.2, 0.25) is 5.02 Å². The van der Waals surface area contributed by atoms with E-state index in [0.717, 1.165) is 11.6 Å². The predicted octanol–water partition coefficient (Wildman–Crippen LogP) is 3.94. The lowest BCUT2D eigenvalue weighted by Gasteiger charge is -2.19. The van der Waals surface area contributed by atoms with Gasteiger partial charge in [0.25, 0.3) is 0 Å². The molecule has 0 saturated heterocycles. The van der Waals surface area contributed by atoms with Crippen LogP contribution in [0.3, 0.4) is 0 Å². The summed E-state index contributed by atoms with van der Waals surface area (Å²) in [4.78, 5) is 0. The highest BCUT2D eigenvalue weighted by Gasteiger charge is 2.17. The average Bonchev–Trinajstić information content (AvgIpc) is 2.40. The highest BCUT2D eigenvalue weighted by atomic mass is 35.5. The standard InChI is InChI=1S/C15H14ClF2NO/c1-19-15(9-5-10(17)7-11(18)6-9)13-4-3-12(20-2)8-14(13)16/h3-8,15,19H,1-2H3. The van der Waals surface area contributed by atoms with E-state index in [4.69, 9.17) is 16.3 Å². The molecule has 0 bridgehead atoms. The molecule has 2 aromatic rings. The molecule has 106 valence electrons. The van der Waals surface area contributed by atoms with Gasteiger partial charge in [-0.05, 0) is 42.4 Å². The van der Waals surface area contributed by atoms with Crippen molar-refractivity contribution >= 4 is 11.6 Å². The van der Waals surface area contributed by atoms with Crippen LogP contribution < -0.4 is 10.1 Å². The number of halogens is 3. The molecule has 1 unspecified atom stereocenters. The van der Waals surface area contributed by atoms with E-state index in [2.05, 4.69) is 5.32 Å². The van der Waals surface area contributed by atoms with Gasteiger partial charge in [0.05, 0.1) is 13.2 Å². The zero-order chi connectivity index (χ0) is 14.7. The number of nitrogens with one attached hydrogen (secondary N) is 1. The van der Waals surface area contributed by atoms with Gasteiger partial charge in [-0.1, -0.05) is 17.7 Å². The summed E-state index contributed by atoms with van der Waals surface area (Å²) in [5.74, 6) is -0.617. The van der Waals surface area contributed by atoms with E-state index in [1.807, 2.05) is 0 Å². The van der Waals surface area contributed by atoms with Crippen LogP contribution in [0, 0.1) is 11.6 Å². The molecule has 2 aromatic carbocycles. The van der Waals surface area contributed by atoms with Gasteiger partial charge in [-0.3, -0.25) is 0 Å². The third kappa shape index (κ3) is 3.08. The molecule has 0 aromatic heterocycles. The zero-order valence-corrected chi connectivity index (χ0v) is 11.8. The van der Waals surface area contributed by atoms with E-state index in [1.54, 1.807) is 32.4 Å². The Bertz CT molecular complexity index is 599. The maximum atomic E-state index is 13.3. The minimum Gasteiger partial charge on any atom is -0.497 e. The van der Waals surface area contributed by atoms with Crippen molar-refractivity contribution in [2.24, 2.45) is 0 Å². The first kappa shape index (κ1) is 14.8. The third-order valence-electron chi connectivity index (χ3n) is 3.03. The van der Waals surface area contributed by atoms with Crippen molar-refractivity contribution in [3.05, 3.63) is 64.2 Å². The lowest BCUT2D eigenvalue weighted by Crippen LogP contribution is -2.18. The fourth-order valence-electron chi connectivity index (χ4n) is 2.11. The first-order valence-corrected chi connectivity index (χ1v) is 6.39. The number of benzene rings is 2. The molecule has 0 spiro atoms. The molecular formula is C15H14ClF2NO. The van der Waals surface area contributed by atoms with Crippen LogP contribution in [0.5, 0.6) is 5.75 Å². The summed E-state index contributed by atoms with van der Waals surface area (Å²) >= 11 is 6.20. The molecule has 0 fully saturated rings. The van der Waals surface area contributed by atoms with E-state index in [9.17, 15) is 8.78 Å². The van der Waals surface area contributed by atoms with Crippen LogP contribution in [0.25, 0.3) is 0 Å². The highest BCUT2D eigenvalue weighted by Crippen LogP contribution is 2.31. The molecule has 5 heteroatoms. The van der Waals surface area contributed by atoms with Crippen molar-refractivity contribution < 1.29 is 13.5 Å². The van der Waals surface area contributed by atoms with Crippen molar-refractivity contribution in [1.29, 1.82) is 0 Å². The Balaban J connectivity index is 2.46. The molecule has 0 aliphatic heterocycles. The number of rotatable bonds is 4. The SMILES string of the molecule is CNC(c1cc(F)cc(F)c1)c1ccc(OC)cc1Cl. The van der Waals surface area contributed by atoms with E-state index in [-0.39, 0.29) is 0 Å². The Morgan fingerprint density at radius 3 is 2.25 bits per heavy atom. The number of methoxy groups -OCH3 is 1. The maximum Gasteiger partial charge on any atom is 0.126 e. The van der Waals surface area contributed by atoms with Gasteiger partial charge in [-0.15, -0.1) is 0 Å². The Morgan fingerprint density at radius 1 is 1.10 bits per heavy atom. The molecule has 1 atom stereocenters. The smallest absolute Gasteiger partial charge is 0.126 e. The van der Waals surface area contributed by atoms with E-state index in [1.165, 1.54) is 12.1 Å². The number of hydrogen-bond acceptors (Lipinski definition) is 2. The van der Waals surface area contributed by atoms with Gasteiger partial charge in [0.1, 0.15) is 17.4 Å². The quantitative estimate of drug-likeness (QED) is 0.923. The molecule has 0 saturated carbocycles. The zero-order valence-electron chi connectivity index (χ0n) is 11.1. The molecule has 20 heavy (non-hydrogen) atoms. The normalized spacial score (nSPS) is 12.2. The van der Waals surface area contributed by atoms with Crippen molar-refractivity contribution in [3.8, 4) is 5.75 Å². The Hall–Kier alpha value is -1.65. The predicted molar refractivity (Wildman–Crippen MR) is 75.3 cm³/mol. The maximum absolute atomic E-state index is 13.3. The van der Waals surface area contributed by atoms with E-state index >= 15 is 0 Å². The van der Waals surface area contributed by atoms with Crippen molar-refractivity contribution in [3.63, 3.8) is 0 Å². The van der Waals surface area contributed by atoms with Crippen molar-refractivity contribution in [2.75, 3.05) is 14.2 Å². The molecule has 0 amide bonds. The second-order valence-corrected chi connectivity index (χ2v) is 4.72. The van der Waals surface area contributed by atoms with Gasteiger partial charge >= 0.3 is 0 Å². The van der Waals surface area contributed by atoms with Crippen LogP contribution in [0.1, 0.15) is 17.2 Å². The van der Waals surface area contributed by atoms with Gasteiger partial charge in [-0.25, -0.2) is 8.78 Å². The molecule has 1 N–H and O–H groups in total. The lowest BCUT2D eigenvalue weighted by molar-refractivity contribution is 0.414. The molecular weight excluding hydrogens is 284 g/mol. The van der Waals surface area contributed by atoms with Crippen LogP contribution in [-0.2, 0) is 0 Å². The van der Waals surface area contributed by atoms with Crippen LogP contribution >= 0.6 is 11.6 Å². The van der Waals surface area contributed by atoms with Crippen molar-refractivity contribution in [2.45, 2.75) is 6.04 Å². The van der Waals surface area contributed by atoms with Gasteiger partial charge in [-0.2, -0.15) is 0 Å². The van der Waals surface area contributed by atoms with Gasteiger partial charge in [0.2, 0.25) is 0 Å². The molecule has 0 radical (unpaired) electrons. The molecule has 0 aliphatic rings. The van der Waals surface area contributed by atoms with E-state index < -0.39 is 17.7 Å². The number of ether oxygens (including phenoxy) is 1. The van der Waals surface area contributed by atoms with Gasteiger partial charge in [0, 0.05) is 11.1 Å². The minimum atomic E-state index is -0.620. The summed E-state index contributed by atoms with van der Waals surface area (Å²) in [7, 11) is 3.25. The summed E-state index contributed by atoms with van der Waals surface area (Å²) in [6, 6.07) is 8.18. The lowest BCUT2D eigenvalue weighted by atomic mass is 9.98. The molecule has 2 rings (SSSR count). The van der Waals surface area contributed by atoms with Crippen LogP contribution in [-0.4, -0.2) is 14.2 Å². The first-order chi connectivity index (χ1) is 9.55. The second kappa shape index (κ2) is 6.20. The summed E-state index contributed by atoms with van der Waals surface area (Å²) in [5.41, 5.74) is 1.19. The Morgan fingerprint density at radius 2 is 1.75 bits per heavy atom. The van der Waals surface area contributed by atoms with Gasteiger partial charge < -0.3 is 10.1 Å². The largest absolute Gasteiger partial charge is 0.497 e. The van der Waals surface area contributed by atoms with Crippen LogP contribution in [0.15, 0.2) is 36.4 Å². The third-order valence-corrected chi connectivity index (χ3v) is 3.35.